The van der Waals surface area contributed by atoms with Crippen LogP contribution in [0.1, 0.15) is 73.6 Å². The molecule has 1 aliphatic heterocycles. The van der Waals surface area contributed by atoms with Crippen molar-refractivity contribution in [2.75, 3.05) is 19.6 Å². The third-order valence-corrected chi connectivity index (χ3v) is 4.16. The summed E-state index contributed by atoms with van der Waals surface area (Å²) < 4.78 is 0. The number of likely N-dealkylation sites (tertiary alicyclic amines) is 1. The van der Waals surface area contributed by atoms with Gasteiger partial charge in [-0.15, -0.1) is 0 Å². The Bertz CT molecular complexity index is 215. The largest absolute Gasteiger partial charge is 0.303 e. The quantitative estimate of drug-likeness (QED) is 0.607. The van der Waals surface area contributed by atoms with Gasteiger partial charge in [0.25, 0.3) is 0 Å². The Hall–Kier alpha value is 0.0249. The van der Waals surface area contributed by atoms with E-state index in [9.17, 15) is 0 Å². The fourth-order valence-electron chi connectivity index (χ4n) is 3.06. The van der Waals surface area contributed by atoms with Gasteiger partial charge in [-0.2, -0.15) is 0 Å². The van der Waals surface area contributed by atoms with Crippen LogP contribution in [0, 0.1) is 17.3 Å². The molecule has 0 spiro atoms. The minimum absolute atomic E-state index is 0.505. The normalized spacial score (nSPS) is 18.6. The van der Waals surface area contributed by atoms with Gasteiger partial charge in [-0.05, 0) is 43.7 Å². The van der Waals surface area contributed by atoms with E-state index in [1.54, 1.807) is 0 Å². The summed E-state index contributed by atoms with van der Waals surface area (Å²) in [6.45, 7) is 17.8. The van der Waals surface area contributed by atoms with Gasteiger partial charge in [-0.3, -0.25) is 0 Å². The third kappa shape index (κ3) is 10.8. The van der Waals surface area contributed by atoms with Crippen molar-refractivity contribution in [2.45, 2.75) is 80.0 Å². The Labute approximate surface area is 130 Å². The van der Waals surface area contributed by atoms with Gasteiger partial charge in [0.15, 0.2) is 0 Å². The number of rotatable bonds is 6. The highest BCUT2D eigenvalue weighted by Crippen LogP contribution is 2.27. The predicted molar refractivity (Wildman–Crippen MR) is 93.5 cm³/mol. The fourth-order valence-corrected chi connectivity index (χ4v) is 3.06. The second-order valence-corrected chi connectivity index (χ2v) is 7.85. The zero-order chi connectivity index (χ0) is 15.6. The Kier molecular flexibility index (Phi) is 10.7. The number of hydrogen-bond acceptors (Lipinski definition) is 1. The molecule has 0 amide bonds. The minimum atomic E-state index is 0.505. The predicted octanol–water partition coefficient (Wildman–Crippen LogP) is 5.16. The molecule has 1 atom stereocenters. The lowest BCUT2D eigenvalue weighted by atomic mass is 9.83. The molecule has 1 fully saturated rings. The molecule has 1 rings (SSSR count). The molecule has 1 nitrogen and oxygen atoms in total. The van der Waals surface area contributed by atoms with Crippen molar-refractivity contribution in [3.8, 4) is 0 Å². The molecule has 0 aliphatic carbocycles. The molecule has 0 aromatic heterocycles. The zero-order valence-corrected chi connectivity index (χ0v) is 15.0. The van der Waals surface area contributed by atoms with Crippen LogP contribution in [0.3, 0.4) is 0 Å². The maximum atomic E-state index is 5.28. The third-order valence-electron chi connectivity index (χ3n) is 4.16. The molecule has 2 radical (unpaired) electrons. The van der Waals surface area contributed by atoms with Gasteiger partial charge in [-0.1, -0.05) is 66.6 Å². The molecular weight excluding hydrogens is 241 g/mol. The van der Waals surface area contributed by atoms with Crippen LogP contribution >= 0.6 is 0 Å². The lowest BCUT2D eigenvalue weighted by Gasteiger charge is -2.35. The fraction of sp³-hybridized carbons (Fsp3) is 1.00. The van der Waals surface area contributed by atoms with Crippen LogP contribution in [0.15, 0.2) is 0 Å². The van der Waals surface area contributed by atoms with Crippen LogP contribution in [-0.2, 0) is 0 Å². The van der Waals surface area contributed by atoms with Crippen molar-refractivity contribution < 1.29 is 0 Å². The van der Waals surface area contributed by atoms with Crippen LogP contribution in [0.25, 0.3) is 0 Å². The number of hydrogen-bond donors (Lipinski definition) is 0. The molecule has 0 N–H and O–H groups in total. The van der Waals surface area contributed by atoms with E-state index in [0.717, 1.165) is 12.2 Å². The van der Waals surface area contributed by atoms with Gasteiger partial charge in [0.1, 0.15) is 0 Å². The van der Waals surface area contributed by atoms with Crippen LogP contribution in [0.5, 0.6) is 0 Å². The first kappa shape index (κ1) is 20.0. The van der Waals surface area contributed by atoms with E-state index in [0.29, 0.717) is 11.3 Å². The topological polar surface area (TPSA) is 3.24 Å². The first-order valence-corrected chi connectivity index (χ1v) is 8.73. The molecule has 1 saturated heterocycles. The van der Waals surface area contributed by atoms with Crippen LogP contribution in [0.4, 0.5) is 0 Å². The molecule has 0 bridgehead atoms. The Balaban J connectivity index is 0.000000511. The summed E-state index contributed by atoms with van der Waals surface area (Å²) in [5.41, 5.74) is 0.505. The van der Waals surface area contributed by atoms with Gasteiger partial charge in [0.2, 0.25) is 0 Å². The molecule has 2 heteroatoms. The van der Waals surface area contributed by atoms with Crippen molar-refractivity contribution in [3.63, 3.8) is 0 Å². The van der Waals surface area contributed by atoms with E-state index >= 15 is 0 Å². The Morgan fingerprint density at radius 2 is 1.60 bits per heavy atom. The van der Waals surface area contributed by atoms with E-state index in [4.69, 9.17) is 7.85 Å². The second-order valence-electron chi connectivity index (χ2n) is 7.85. The molecule has 0 aromatic rings. The second kappa shape index (κ2) is 10.7. The Morgan fingerprint density at radius 3 is 1.95 bits per heavy atom. The monoisotopic (exact) mass is 279 g/mol. The van der Waals surface area contributed by atoms with Gasteiger partial charge in [0, 0.05) is 6.54 Å². The SMILES string of the molecule is CC(C)CC(C)(C)CN1CCCCC1.[B]CC(C)CC. The first-order chi connectivity index (χ1) is 9.30. The van der Waals surface area contributed by atoms with Gasteiger partial charge < -0.3 is 4.90 Å². The molecule has 0 aromatic carbocycles. The van der Waals surface area contributed by atoms with Crippen molar-refractivity contribution in [3.05, 3.63) is 0 Å². The van der Waals surface area contributed by atoms with Crippen molar-refractivity contribution in [1.82, 2.24) is 4.90 Å². The lowest BCUT2D eigenvalue weighted by molar-refractivity contribution is 0.135. The van der Waals surface area contributed by atoms with Crippen LogP contribution in [0.2, 0.25) is 6.32 Å². The maximum absolute atomic E-state index is 5.28. The molecule has 20 heavy (non-hydrogen) atoms. The highest BCUT2D eigenvalue weighted by atomic mass is 15.1. The highest BCUT2D eigenvalue weighted by molar-refractivity contribution is 6.08. The zero-order valence-electron chi connectivity index (χ0n) is 15.0. The smallest absolute Gasteiger partial charge is 0.0656 e. The molecule has 0 saturated carbocycles. The van der Waals surface area contributed by atoms with Crippen molar-refractivity contribution in [2.24, 2.45) is 17.3 Å². The lowest BCUT2D eigenvalue weighted by Crippen LogP contribution is -2.38. The van der Waals surface area contributed by atoms with E-state index in [2.05, 4.69) is 46.4 Å². The van der Waals surface area contributed by atoms with E-state index in [-0.39, 0.29) is 0 Å². The molecular formula is C18H38BN. The highest BCUT2D eigenvalue weighted by Gasteiger charge is 2.23. The molecule has 1 aliphatic rings. The summed E-state index contributed by atoms with van der Waals surface area (Å²) in [5.74, 6) is 1.54. The minimum Gasteiger partial charge on any atom is -0.303 e. The van der Waals surface area contributed by atoms with E-state index < -0.39 is 0 Å². The van der Waals surface area contributed by atoms with Gasteiger partial charge in [0.05, 0.1) is 7.85 Å². The van der Waals surface area contributed by atoms with Gasteiger partial charge >= 0.3 is 0 Å². The van der Waals surface area contributed by atoms with Gasteiger partial charge in [-0.25, -0.2) is 0 Å². The average molecular weight is 279 g/mol. The van der Waals surface area contributed by atoms with Crippen molar-refractivity contribution >= 4 is 7.85 Å². The summed E-state index contributed by atoms with van der Waals surface area (Å²) in [4.78, 5) is 2.66. The molecule has 1 heterocycles. The Morgan fingerprint density at radius 1 is 1.05 bits per heavy atom. The van der Waals surface area contributed by atoms with E-state index in [1.165, 1.54) is 51.7 Å². The molecule has 1 unspecified atom stereocenters. The van der Waals surface area contributed by atoms with Crippen LogP contribution < -0.4 is 0 Å². The molecule has 118 valence electrons. The van der Waals surface area contributed by atoms with E-state index in [1.807, 2.05) is 0 Å². The maximum Gasteiger partial charge on any atom is 0.0656 e. The summed E-state index contributed by atoms with van der Waals surface area (Å²) in [7, 11) is 5.28. The van der Waals surface area contributed by atoms with Crippen LogP contribution in [-0.4, -0.2) is 32.4 Å². The summed E-state index contributed by atoms with van der Waals surface area (Å²) in [6.07, 6.45) is 7.66. The summed E-state index contributed by atoms with van der Waals surface area (Å²) in [5, 5.41) is 0. The average Bonchev–Trinajstić information content (AvgIpc) is 2.37. The number of piperidine rings is 1. The summed E-state index contributed by atoms with van der Waals surface area (Å²) in [6, 6.07) is 0. The standard InChI is InChI=1S/C13H27N.C5H11B/c1-12(2)10-13(3,4)11-14-8-6-5-7-9-14;1-3-5(2)4-6/h12H,5-11H2,1-4H3;5H,3-4H2,1-2H3. The first-order valence-electron chi connectivity index (χ1n) is 8.73. The van der Waals surface area contributed by atoms with Crippen molar-refractivity contribution in [1.29, 1.82) is 0 Å². The summed E-state index contributed by atoms with van der Waals surface area (Å²) >= 11 is 0. The number of nitrogens with zero attached hydrogens (tertiary/aromatic N) is 1.